The van der Waals surface area contributed by atoms with Gasteiger partial charge in [0, 0.05) is 15.5 Å². The lowest BCUT2D eigenvalue weighted by atomic mass is 10.3. The number of thiophene rings is 1. The maximum Gasteiger partial charge on any atom is 0.0630 e. The molecule has 0 saturated carbocycles. The summed E-state index contributed by atoms with van der Waals surface area (Å²) >= 11 is 5.07. The summed E-state index contributed by atoms with van der Waals surface area (Å²) < 4.78 is 1.01. The Morgan fingerprint density at radius 1 is 1.21 bits per heavy atom. The molecule has 0 aliphatic heterocycles. The SMILES string of the molecule is Brc1ccc(/C=C/c2cccs2)nc1. The zero-order chi connectivity index (χ0) is 9.80. The van der Waals surface area contributed by atoms with Gasteiger partial charge in [0.25, 0.3) is 0 Å². The van der Waals surface area contributed by atoms with Crippen molar-refractivity contribution in [1.29, 1.82) is 0 Å². The Morgan fingerprint density at radius 3 is 2.79 bits per heavy atom. The second kappa shape index (κ2) is 4.53. The van der Waals surface area contributed by atoms with Gasteiger partial charge in [0.2, 0.25) is 0 Å². The molecule has 0 aromatic carbocycles. The summed E-state index contributed by atoms with van der Waals surface area (Å²) in [6, 6.07) is 8.09. The number of rotatable bonds is 2. The van der Waals surface area contributed by atoms with Crippen LogP contribution in [0.3, 0.4) is 0 Å². The van der Waals surface area contributed by atoms with Crippen LogP contribution in [-0.4, -0.2) is 4.98 Å². The Balaban J connectivity index is 2.15. The average Bonchev–Trinajstić information content (AvgIpc) is 2.70. The molecule has 70 valence electrons. The summed E-state index contributed by atoms with van der Waals surface area (Å²) in [5.41, 5.74) is 0.974. The molecule has 0 saturated heterocycles. The van der Waals surface area contributed by atoms with E-state index in [1.165, 1.54) is 4.88 Å². The largest absolute Gasteiger partial charge is 0.256 e. The van der Waals surface area contributed by atoms with E-state index in [0.29, 0.717) is 0 Å². The highest BCUT2D eigenvalue weighted by atomic mass is 79.9. The van der Waals surface area contributed by atoms with Gasteiger partial charge in [0.15, 0.2) is 0 Å². The summed E-state index contributed by atoms with van der Waals surface area (Å²) in [5.74, 6) is 0. The van der Waals surface area contributed by atoms with Crippen molar-refractivity contribution in [3.05, 3.63) is 50.9 Å². The predicted octanol–water partition coefficient (Wildman–Crippen LogP) is 4.08. The maximum absolute atomic E-state index is 4.25. The van der Waals surface area contributed by atoms with Crippen molar-refractivity contribution in [3.8, 4) is 0 Å². The summed E-state index contributed by atoms with van der Waals surface area (Å²) in [7, 11) is 0. The van der Waals surface area contributed by atoms with Crippen molar-refractivity contribution in [1.82, 2.24) is 4.98 Å². The standard InChI is InChI=1S/C11H8BrNS/c12-9-3-4-10(13-8-9)5-6-11-2-1-7-14-11/h1-8H/b6-5+. The van der Waals surface area contributed by atoms with Crippen LogP contribution in [0.15, 0.2) is 40.3 Å². The molecule has 2 heterocycles. The molecule has 0 aliphatic rings. The highest BCUT2D eigenvalue weighted by molar-refractivity contribution is 9.10. The molecule has 14 heavy (non-hydrogen) atoms. The molecule has 2 aromatic heterocycles. The van der Waals surface area contributed by atoms with Gasteiger partial charge >= 0.3 is 0 Å². The molecule has 3 heteroatoms. The van der Waals surface area contributed by atoms with E-state index in [1.54, 1.807) is 17.5 Å². The molecule has 0 amide bonds. The third-order valence-electron chi connectivity index (χ3n) is 1.71. The molecule has 0 bridgehead atoms. The van der Waals surface area contributed by atoms with Crippen LogP contribution in [0.2, 0.25) is 0 Å². The first kappa shape index (κ1) is 9.62. The molecule has 1 nitrogen and oxygen atoms in total. The quantitative estimate of drug-likeness (QED) is 0.798. The van der Waals surface area contributed by atoms with Crippen molar-refractivity contribution in [2.75, 3.05) is 0 Å². The molecule has 0 spiro atoms. The van der Waals surface area contributed by atoms with Crippen molar-refractivity contribution < 1.29 is 0 Å². The molecule has 0 aliphatic carbocycles. The van der Waals surface area contributed by atoms with Crippen LogP contribution in [-0.2, 0) is 0 Å². The van der Waals surface area contributed by atoms with Gasteiger partial charge in [0.05, 0.1) is 5.69 Å². The third kappa shape index (κ3) is 2.53. The zero-order valence-electron chi connectivity index (χ0n) is 7.35. The Bertz CT molecular complexity index is 417. The van der Waals surface area contributed by atoms with Gasteiger partial charge in [0.1, 0.15) is 0 Å². The first-order chi connectivity index (χ1) is 6.84. The third-order valence-corrected chi connectivity index (χ3v) is 3.02. The van der Waals surface area contributed by atoms with Crippen LogP contribution in [0.25, 0.3) is 12.2 Å². The number of halogens is 1. The van der Waals surface area contributed by atoms with Gasteiger partial charge in [-0.25, -0.2) is 0 Å². The fourth-order valence-corrected chi connectivity index (χ4v) is 1.89. The number of hydrogen-bond donors (Lipinski definition) is 0. The first-order valence-electron chi connectivity index (χ1n) is 4.18. The number of nitrogens with zero attached hydrogens (tertiary/aromatic N) is 1. The summed E-state index contributed by atoms with van der Waals surface area (Å²) in [4.78, 5) is 5.49. The van der Waals surface area contributed by atoms with Crippen LogP contribution in [0.4, 0.5) is 0 Å². The van der Waals surface area contributed by atoms with Crippen LogP contribution in [0.1, 0.15) is 10.6 Å². The first-order valence-corrected chi connectivity index (χ1v) is 5.85. The minimum Gasteiger partial charge on any atom is -0.256 e. The van der Waals surface area contributed by atoms with E-state index in [1.807, 2.05) is 24.3 Å². The molecule has 0 unspecified atom stereocenters. The zero-order valence-corrected chi connectivity index (χ0v) is 9.75. The van der Waals surface area contributed by atoms with E-state index in [9.17, 15) is 0 Å². The molecule has 0 atom stereocenters. The summed E-state index contributed by atoms with van der Waals surface area (Å²) in [6.45, 7) is 0. The number of pyridine rings is 1. The fraction of sp³-hybridized carbons (Fsp3) is 0. The predicted molar refractivity (Wildman–Crippen MR) is 65.2 cm³/mol. The highest BCUT2D eigenvalue weighted by Gasteiger charge is 1.89. The minimum atomic E-state index is 0.974. The molecule has 2 rings (SSSR count). The topological polar surface area (TPSA) is 12.9 Å². The van der Waals surface area contributed by atoms with E-state index in [2.05, 4.69) is 38.4 Å². The maximum atomic E-state index is 4.25. The molecule has 0 N–H and O–H groups in total. The summed E-state index contributed by atoms with van der Waals surface area (Å²) in [5, 5.41) is 2.06. The van der Waals surface area contributed by atoms with Crippen LogP contribution in [0.5, 0.6) is 0 Å². The number of hydrogen-bond acceptors (Lipinski definition) is 2. The monoisotopic (exact) mass is 265 g/mol. The van der Waals surface area contributed by atoms with Gasteiger partial charge in [-0.15, -0.1) is 11.3 Å². The highest BCUT2D eigenvalue weighted by Crippen LogP contribution is 2.13. The van der Waals surface area contributed by atoms with Crippen molar-refractivity contribution in [2.24, 2.45) is 0 Å². The molecular formula is C11H8BrNS. The van der Waals surface area contributed by atoms with Gasteiger partial charge in [-0.3, -0.25) is 4.98 Å². The van der Waals surface area contributed by atoms with E-state index in [-0.39, 0.29) is 0 Å². The second-order valence-corrected chi connectivity index (χ2v) is 4.64. The number of aromatic nitrogens is 1. The molecule has 0 radical (unpaired) electrons. The normalized spacial score (nSPS) is 10.9. The van der Waals surface area contributed by atoms with Gasteiger partial charge in [-0.05, 0) is 51.7 Å². The smallest absolute Gasteiger partial charge is 0.0630 e. The van der Waals surface area contributed by atoms with Gasteiger partial charge in [-0.2, -0.15) is 0 Å². The minimum absolute atomic E-state index is 0.974. The lowest BCUT2D eigenvalue weighted by Gasteiger charge is -1.91. The summed E-state index contributed by atoms with van der Waals surface area (Å²) in [6.07, 6.45) is 5.88. The van der Waals surface area contributed by atoms with E-state index in [4.69, 9.17) is 0 Å². The van der Waals surface area contributed by atoms with Crippen LogP contribution < -0.4 is 0 Å². The van der Waals surface area contributed by atoms with Crippen LogP contribution >= 0.6 is 27.3 Å². The molecule has 0 fully saturated rings. The lowest BCUT2D eigenvalue weighted by Crippen LogP contribution is -1.77. The van der Waals surface area contributed by atoms with E-state index in [0.717, 1.165) is 10.2 Å². The Morgan fingerprint density at radius 2 is 2.14 bits per heavy atom. The molecular weight excluding hydrogens is 258 g/mol. The van der Waals surface area contributed by atoms with Crippen molar-refractivity contribution in [2.45, 2.75) is 0 Å². The fourth-order valence-electron chi connectivity index (χ4n) is 1.04. The molecule has 2 aromatic rings. The van der Waals surface area contributed by atoms with Gasteiger partial charge < -0.3 is 0 Å². The second-order valence-electron chi connectivity index (χ2n) is 2.75. The van der Waals surface area contributed by atoms with Crippen molar-refractivity contribution in [3.63, 3.8) is 0 Å². The van der Waals surface area contributed by atoms with E-state index >= 15 is 0 Å². The average molecular weight is 266 g/mol. The van der Waals surface area contributed by atoms with Crippen LogP contribution in [0, 0.1) is 0 Å². The van der Waals surface area contributed by atoms with Crippen molar-refractivity contribution >= 4 is 39.4 Å². The Labute approximate surface area is 95.3 Å². The van der Waals surface area contributed by atoms with E-state index < -0.39 is 0 Å². The Hall–Kier alpha value is -0.930. The Kier molecular flexibility index (Phi) is 3.11. The van der Waals surface area contributed by atoms with Gasteiger partial charge in [-0.1, -0.05) is 6.07 Å². The lowest BCUT2D eigenvalue weighted by molar-refractivity contribution is 1.28.